The van der Waals surface area contributed by atoms with Gasteiger partial charge in [-0.05, 0) is 12.1 Å². The summed E-state index contributed by atoms with van der Waals surface area (Å²) in [4.78, 5) is 16.1. The number of rotatable bonds is 3. The zero-order valence-corrected chi connectivity index (χ0v) is 9.59. The van der Waals surface area contributed by atoms with E-state index in [-0.39, 0.29) is 17.0 Å². The molecule has 0 unspecified atom stereocenters. The molecule has 0 saturated carbocycles. The molecule has 0 bridgehead atoms. The van der Waals surface area contributed by atoms with Crippen molar-refractivity contribution in [3.63, 3.8) is 0 Å². The molecule has 17 heavy (non-hydrogen) atoms. The van der Waals surface area contributed by atoms with Crippen LogP contribution in [0.5, 0.6) is 0 Å². The molecule has 88 valence electrons. The molecular weight excluding hydrogens is 240 g/mol. The minimum absolute atomic E-state index is 0.173. The maximum Gasteiger partial charge on any atom is 0.262 e. The van der Waals surface area contributed by atoms with Crippen LogP contribution in [0.2, 0.25) is 0 Å². The lowest BCUT2D eigenvalue weighted by atomic mass is 10.2. The zero-order chi connectivity index (χ0) is 12.3. The summed E-state index contributed by atoms with van der Waals surface area (Å²) in [5.41, 5.74) is 5.28. The number of thiazole rings is 1. The predicted molar refractivity (Wildman–Crippen MR) is 64.4 cm³/mol. The number of nitrogens with zero attached hydrogens (tertiary/aromatic N) is 3. The molecule has 2 rings (SSSR count). The van der Waals surface area contributed by atoms with Crippen molar-refractivity contribution in [1.29, 1.82) is 0 Å². The molecule has 2 aromatic heterocycles. The molecule has 0 aliphatic carbocycles. The van der Waals surface area contributed by atoms with E-state index in [2.05, 4.69) is 10.1 Å². The van der Waals surface area contributed by atoms with Gasteiger partial charge in [0.25, 0.3) is 5.56 Å². The quantitative estimate of drug-likeness (QED) is 0.358. The summed E-state index contributed by atoms with van der Waals surface area (Å²) >= 11 is 1.46. The van der Waals surface area contributed by atoms with Crippen molar-refractivity contribution >= 4 is 17.2 Å². The molecule has 2 aromatic rings. The number of hydrogen-bond acceptors (Lipinski definition) is 5. The summed E-state index contributed by atoms with van der Waals surface area (Å²) in [5, 5.41) is 14.1. The maximum absolute atomic E-state index is 12.0. The second-order valence-electron chi connectivity index (χ2n) is 3.27. The van der Waals surface area contributed by atoms with E-state index in [4.69, 9.17) is 10.9 Å². The Kier molecular flexibility index (Phi) is 3.20. The van der Waals surface area contributed by atoms with Gasteiger partial charge in [-0.15, -0.1) is 11.3 Å². The second-order valence-corrected chi connectivity index (χ2v) is 4.25. The number of hydrogen-bond donors (Lipinski definition) is 2. The zero-order valence-electron chi connectivity index (χ0n) is 8.78. The third-order valence-corrected chi connectivity index (χ3v) is 2.96. The molecule has 0 saturated heterocycles. The van der Waals surface area contributed by atoms with Gasteiger partial charge in [-0.2, -0.15) is 0 Å². The lowest BCUT2D eigenvalue weighted by molar-refractivity contribution is 0.318. The number of aromatic nitrogens is 2. The lowest BCUT2D eigenvalue weighted by Crippen LogP contribution is -2.29. The van der Waals surface area contributed by atoms with E-state index in [0.717, 1.165) is 5.01 Å². The van der Waals surface area contributed by atoms with Crippen LogP contribution in [-0.2, 0) is 6.54 Å². The fraction of sp³-hybridized carbons (Fsp3) is 0.100. The fourth-order valence-corrected chi connectivity index (χ4v) is 2.00. The van der Waals surface area contributed by atoms with Gasteiger partial charge in [0.2, 0.25) is 0 Å². The van der Waals surface area contributed by atoms with Crippen LogP contribution in [0.1, 0.15) is 10.6 Å². The minimum Gasteiger partial charge on any atom is -0.409 e. The molecule has 0 amide bonds. The van der Waals surface area contributed by atoms with E-state index < -0.39 is 0 Å². The first-order chi connectivity index (χ1) is 8.22. The lowest BCUT2D eigenvalue weighted by Gasteiger charge is -2.05. The Labute approximate surface area is 101 Å². The van der Waals surface area contributed by atoms with Crippen molar-refractivity contribution < 1.29 is 5.21 Å². The first kappa shape index (κ1) is 11.3. The maximum atomic E-state index is 12.0. The van der Waals surface area contributed by atoms with Crippen LogP contribution in [0.15, 0.2) is 39.9 Å². The summed E-state index contributed by atoms with van der Waals surface area (Å²) < 4.78 is 1.46. The van der Waals surface area contributed by atoms with E-state index in [1.807, 2.05) is 5.38 Å². The molecule has 6 nitrogen and oxygen atoms in total. The highest BCUT2D eigenvalue weighted by molar-refractivity contribution is 7.09. The Morgan fingerprint density at radius 3 is 3.12 bits per heavy atom. The van der Waals surface area contributed by atoms with Gasteiger partial charge in [-0.1, -0.05) is 5.16 Å². The minimum atomic E-state index is -0.307. The van der Waals surface area contributed by atoms with E-state index >= 15 is 0 Å². The monoisotopic (exact) mass is 250 g/mol. The topological polar surface area (TPSA) is 93.5 Å². The van der Waals surface area contributed by atoms with E-state index in [0.29, 0.717) is 6.54 Å². The first-order valence-electron chi connectivity index (χ1n) is 4.78. The molecule has 0 aliphatic rings. The molecule has 0 radical (unpaired) electrons. The fourth-order valence-electron chi connectivity index (χ4n) is 1.39. The smallest absolute Gasteiger partial charge is 0.262 e. The molecule has 3 N–H and O–H groups in total. The highest BCUT2D eigenvalue weighted by atomic mass is 32.1. The van der Waals surface area contributed by atoms with Crippen LogP contribution in [-0.4, -0.2) is 20.6 Å². The molecule has 2 heterocycles. The highest BCUT2D eigenvalue weighted by Gasteiger charge is 2.08. The van der Waals surface area contributed by atoms with Gasteiger partial charge in [0.05, 0.1) is 12.1 Å². The summed E-state index contributed by atoms with van der Waals surface area (Å²) in [6, 6.07) is 3.18. The van der Waals surface area contributed by atoms with Crippen LogP contribution in [0.25, 0.3) is 0 Å². The van der Waals surface area contributed by atoms with Crippen molar-refractivity contribution in [2.75, 3.05) is 0 Å². The molecule has 0 atom stereocenters. The molecule has 0 fully saturated rings. The number of amidine groups is 1. The van der Waals surface area contributed by atoms with Crippen molar-refractivity contribution in [3.8, 4) is 0 Å². The van der Waals surface area contributed by atoms with Gasteiger partial charge in [0, 0.05) is 17.8 Å². The summed E-state index contributed by atoms with van der Waals surface area (Å²) in [7, 11) is 0. The van der Waals surface area contributed by atoms with Gasteiger partial charge in [-0.25, -0.2) is 4.98 Å². The van der Waals surface area contributed by atoms with Crippen molar-refractivity contribution in [3.05, 3.63) is 50.8 Å². The van der Waals surface area contributed by atoms with Gasteiger partial charge in [-0.3, -0.25) is 4.79 Å². The van der Waals surface area contributed by atoms with Gasteiger partial charge < -0.3 is 15.5 Å². The Hall–Kier alpha value is -2.15. The molecule has 7 heteroatoms. The highest BCUT2D eigenvalue weighted by Crippen LogP contribution is 2.05. The standard InChI is InChI=1S/C10H10N4O2S/c11-9(13-16)7-2-1-4-14(10(7)15)6-8-12-3-5-17-8/h1-5,16H,6H2,(H2,11,13). The summed E-state index contributed by atoms with van der Waals surface area (Å²) in [6.45, 7) is 0.378. The van der Waals surface area contributed by atoms with Crippen LogP contribution < -0.4 is 11.3 Å². The third kappa shape index (κ3) is 2.34. The Morgan fingerprint density at radius 1 is 1.65 bits per heavy atom. The Bertz CT molecular complexity index is 589. The van der Waals surface area contributed by atoms with Gasteiger partial charge >= 0.3 is 0 Å². The van der Waals surface area contributed by atoms with Crippen molar-refractivity contribution in [2.24, 2.45) is 10.9 Å². The largest absolute Gasteiger partial charge is 0.409 e. The Morgan fingerprint density at radius 2 is 2.47 bits per heavy atom. The van der Waals surface area contributed by atoms with Crippen LogP contribution >= 0.6 is 11.3 Å². The molecule has 0 spiro atoms. The van der Waals surface area contributed by atoms with Crippen molar-refractivity contribution in [2.45, 2.75) is 6.54 Å². The number of nitrogens with two attached hydrogens (primary N) is 1. The van der Waals surface area contributed by atoms with Crippen LogP contribution in [0.4, 0.5) is 0 Å². The van der Waals surface area contributed by atoms with Crippen LogP contribution in [0.3, 0.4) is 0 Å². The van der Waals surface area contributed by atoms with Gasteiger partial charge in [0.1, 0.15) is 5.01 Å². The second kappa shape index (κ2) is 4.79. The molecule has 0 aliphatic heterocycles. The number of oxime groups is 1. The molecule has 0 aromatic carbocycles. The SMILES string of the molecule is N/C(=N/O)c1cccn(Cc2nccs2)c1=O. The van der Waals surface area contributed by atoms with E-state index in [9.17, 15) is 4.79 Å². The van der Waals surface area contributed by atoms with Gasteiger partial charge in [0.15, 0.2) is 5.84 Å². The average molecular weight is 250 g/mol. The first-order valence-corrected chi connectivity index (χ1v) is 5.66. The number of pyridine rings is 1. The predicted octanol–water partition coefficient (Wildman–Crippen LogP) is 0.448. The van der Waals surface area contributed by atoms with E-state index in [1.54, 1.807) is 18.5 Å². The normalized spacial score (nSPS) is 11.6. The van der Waals surface area contributed by atoms with Crippen LogP contribution in [0, 0.1) is 0 Å². The third-order valence-electron chi connectivity index (χ3n) is 2.19. The van der Waals surface area contributed by atoms with Crippen molar-refractivity contribution in [1.82, 2.24) is 9.55 Å². The average Bonchev–Trinajstić information content (AvgIpc) is 2.84. The molecular formula is C10H10N4O2S. The van der Waals surface area contributed by atoms with E-state index in [1.165, 1.54) is 22.0 Å². The summed E-state index contributed by atoms with van der Waals surface area (Å²) in [5.74, 6) is -0.191. The summed E-state index contributed by atoms with van der Waals surface area (Å²) in [6.07, 6.45) is 3.32. The Balaban J connectivity index is 2.40.